The second-order valence-corrected chi connectivity index (χ2v) is 9.57. The fraction of sp³-hybridized carbons (Fsp3) is 0.240. The molecule has 0 aliphatic carbocycles. The van der Waals surface area contributed by atoms with Crippen LogP contribution in [0.25, 0.3) is 10.3 Å². The summed E-state index contributed by atoms with van der Waals surface area (Å²) in [4.78, 5) is 48.4. The SMILES string of the molecule is Cc1c(Cn2c(CN3C(=O)c4ccccc4C3=O)nc(=O)c3sc(NCCO)nc32)cccc1C(F)(F)F. The lowest BCUT2D eigenvalue weighted by Gasteiger charge is -2.20. The third-order valence-corrected chi connectivity index (χ3v) is 7.24. The summed E-state index contributed by atoms with van der Waals surface area (Å²) in [5, 5.41) is 12.3. The Bertz CT molecular complexity index is 1610. The van der Waals surface area contributed by atoms with E-state index in [0.717, 1.165) is 22.3 Å². The number of carbonyl (C=O) groups excluding carboxylic acids is 2. The zero-order valence-corrected chi connectivity index (χ0v) is 20.7. The van der Waals surface area contributed by atoms with Crippen molar-refractivity contribution in [3.8, 4) is 0 Å². The van der Waals surface area contributed by atoms with Gasteiger partial charge in [0.1, 0.15) is 10.5 Å². The second-order valence-electron chi connectivity index (χ2n) is 8.57. The molecule has 1 aliphatic rings. The summed E-state index contributed by atoms with van der Waals surface area (Å²) in [7, 11) is 0. The number of rotatable bonds is 7. The monoisotopic (exact) mass is 543 g/mol. The first-order chi connectivity index (χ1) is 18.1. The summed E-state index contributed by atoms with van der Waals surface area (Å²) in [6, 6.07) is 10.1. The zero-order chi connectivity index (χ0) is 27.2. The van der Waals surface area contributed by atoms with Gasteiger partial charge in [-0.3, -0.25) is 19.3 Å². The molecule has 0 fully saturated rings. The highest BCUT2D eigenvalue weighted by Gasteiger charge is 2.37. The van der Waals surface area contributed by atoms with Crippen LogP contribution in [0.2, 0.25) is 0 Å². The number of fused-ring (bicyclic) bond motifs is 2. The van der Waals surface area contributed by atoms with Crippen LogP contribution in [0, 0.1) is 6.92 Å². The van der Waals surface area contributed by atoms with E-state index in [1.807, 2.05) is 0 Å². The molecule has 0 bridgehead atoms. The Morgan fingerprint density at radius 1 is 0.974 bits per heavy atom. The van der Waals surface area contributed by atoms with Crippen molar-refractivity contribution in [2.45, 2.75) is 26.2 Å². The molecule has 0 saturated carbocycles. The van der Waals surface area contributed by atoms with E-state index < -0.39 is 29.1 Å². The third-order valence-electron chi connectivity index (χ3n) is 6.25. The summed E-state index contributed by atoms with van der Waals surface area (Å²) >= 11 is 0.986. The summed E-state index contributed by atoms with van der Waals surface area (Å²) < 4.78 is 42.3. The highest BCUT2D eigenvalue weighted by atomic mass is 32.1. The maximum absolute atomic E-state index is 13.6. The normalized spacial score (nSPS) is 13.4. The van der Waals surface area contributed by atoms with E-state index >= 15 is 0 Å². The molecular weight excluding hydrogens is 523 g/mol. The van der Waals surface area contributed by atoms with Crippen LogP contribution in [-0.4, -0.2) is 49.5 Å². The van der Waals surface area contributed by atoms with Gasteiger partial charge in [0.25, 0.3) is 17.4 Å². The molecule has 0 spiro atoms. The first-order valence-corrected chi connectivity index (χ1v) is 12.3. The van der Waals surface area contributed by atoms with E-state index in [4.69, 9.17) is 5.11 Å². The van der Waals surface area contributed by atoms with Gasteiger partial charge < -0.3 is 15.0 Å². The van der Waals surface area contributed by atoms with E-state index in [2.05, 4.69) is 15.3 Å². The lowest BCUT2D eigenvalue weighted by Crippen LogP contribution is -2.33. The van der Waals surface area contributed by atoms with Crippen LogP contribution >= 0.6 is 11.3 Å². The Hall–Kier alpha value is -4.10. The van der Waals surface area contributed by atoms with Gasteiger partial charge in [-0.15, -0.1) is 0 Å². The number of amides is 2. The van der Waals surface area contributed by atoms with E-state index in [0.29, 0.717) is 10.7 Å². The molecule has 5 rings (SSSR count). The molecule has 9 nitrogen and oxygen atoms in total. The van der Waals surface area contributed by atoms with E-state index in [1.165, 1.54) is 35.8 Å². The predicted octanol–water partition coefficient (Wildman–Crippen LogP) is 3.43. The second kappa shape index (κ2) is 9.65. The summed E-state index contributed by atoms with van der Waals surface area (Å²) in [5.74, 6) is -1.14. The highest BCUT2D eigenvalue weighted by molar-refractivity contribution is 7.22. The number of aliphatic hydroxyl groups is 1. The number of anilines is 1. The van der Waals surface area contributed by atoms with Crippen molar-refractivity contribution in [3.05, 3.63) is 86.5 Å². The minimum absolute atomic E-state index is 0.00664. The van der Waals surface area contributed by atoms with Crippen molar-refractivity contribution in [2.24, 2.45) is 0 Å². The Kier molecular flexibility index (Phi) is 6.49. The molecular formula is C25H20F3N5O4S. The average Bonchev–Trinajstić information content (AvgIpc) is 3.41. The molecule has 0 saturated heterocycles. The number of aromatic nitrogens is 3. The molecule has 1 aliphatic heterocycles. The quantitative estimate of drug-likeness (QED) is 0.343. The maximum Gasteiger partial charge on any atom is 0.416 e. The van der Waals surface area contributed by atoms with E-state index in [9.17, 15) is 27.6 Å². The van der Waals surface area contributed by atoms with Crippen LogP contribution in [0.1, 0.15) is 43.2 Å². The number of hydrogen-bond acceptors (Lipinski definition) is 8. The maximum atomic E-state index is 13.6. The lowest BCUT2D eigenvalue weighted by atomic mass is 10.0. The molecule has 2 amide bonds. The topological polar surface area (TPSA) is 117 Å². The molecule has 0 radical (unpaired) electrons. The number of aliphatic hydroxyl groups excluding tert-OH is 1. The van der Waals surface area contributed by atoms with Crippen LogP contribution in [0.15, 0.2) is 47.3 Å². The molecule has 3 heterocycles. The number of alkyl halides is 3. The number of carbonyl (C=O) groups is 2. The third kappa shape index (κ3) is 4.43. The van der Waals surface area contributed by atoms with Gasteiger partial charge in [-0.25, -0.2) is 4.98 Å². The Labute approximate surface area is 217 Å². The van der Waals surface area contributed by atoms with Crippen LogP contribution in [0.3, 0.4) is 0 Å². The molecule has 196 valence electrons. The number of nitrogens with one attached hydrogen (secondary N) is 1. The minimum Gasteiger partial charge on any atom is -0.395 e. The summed E-state index contributed by atoms with van der Waals surface area (Å²) in [6.45, 7) is 0.793. The summed E-state index contributed by atoms with van der Waals surface area (Å²) in [6.07, 6.45) is -4.57. The van der Waals surface area contributed by atoms with Crippen LogP contribution in [0.5, 0.6) is 0 Å². The van der Waals surface area contributed by atoms with Gasteiger partial charge in [0.15, 0.2) is 10.8 Å². The van der Waals surface area contributed by atoms with Crippen molar-refractivity contribution in [2.75, 3.05) is 18.5 Å². The number of halogens is 3. The van der Waals surface area contributed by atoms with Crippen molar-refractivity contribution >= 4 is 38.6 Å². The molecule has 0 atom stereocenters. The number of benzene rings is 2. The van der Waals surface area contributed by atoms with Crippen molar-refractivity contribution < 1.29 is 27.9 Å². The zero-order valence-electron chi connectivity index (χ0n) is 19.9. The first kappa shape index (κ1) is 25.5. The van der Waals surface area contributed by atoms with Gasteiger partial charge in [-0.1, -0.05) is 35.6 Å². The molecule has 2 aromatic heterocycles. The Morgan fingerprint density at radius 2 is 1.66 bits per heavy atom. The Balaban J connectivity index is 1.64. The van der Waals surface area contributed by atoms with Crippen LogP contribution in [-0.2, 0) is 19.3 Å². The Morgan fingerprint density at radius 3 is 2.29 bits per heavy atom. The smallest absolute Gasteiger partial charge is 0.395 e. The molecule has 38 heavy (non-hydrogen) atoms. The standard InChI is InChI=1S/C25H20F3N5O4S/c1-13-14(5-4-8-17(13)25(26,27)28)11-32-18(12-33-22(36)15-6-2-3-7-16(15)23(33)37)30-21(35)19-20(32)31-24(38-19)29-9-10-34/h2-8,34H,9-12H2,1H3,(H,29,31). The van der Waals surface area contributed by atoms with Gasteiger partial charge >= 0.3 is 6.18 Å². The fourth-order valence-corrected chi connectivity index (χ4v) is 5.25. The molecule has 4 aromatic rings. The molecule has 13 heteroatoms. The van der Waals surface area contributed by atoms with Gasteiger partial charge in [-0.2, -0.15) is 18.2 Å². The van der Waals surface area contributed by atoms with Gasteiger partial charge in [0, 0.05) is 6.54 Å². The molecule has 0 unspecified atom stereocenters. The van der Waals surface area contributed by atoms with Gasteiger partial charge in [0.05, 0.1) is 36.4 Å². The average molecular weight is 544 g/mol. The largest absolute Gasteiger partial charge is 0.416 e. The van der Waals surface area contributed by atoms with Crippen molar-refractivity contribution in [1.82, 2.24) is 19.4 Å². The predicted molar refractivity (Wildman–Crippen MR) is 133 cm³/mol. The minimum atomic E-state index is -4.57. The highest BCUT2D eigenvalue weighted by Crippen LogP contribution is 2.34. The fourth-order valence-electron chi connectivity index (χ4n) is 4.37. The van der Waals surface area contributed by atoms with E-state index in [-0.39, 0.29) is 59.1 Å². The summed E-state index contributed by atoms with van der Waals surface area (Å²) in [5.41, 5.74) is -0.598. The number of nitrogens with zero attached hydrogens (tertiary/aromatic N) is 4. The lowest BCUT2D eigenvalue weighted by molar-refractivity contribution is -0.138. The van der Waals surface area contributed by atoms with Crippen LogP contribution < -0.4 is 10.9 Å². The molecule has 2 aromatic carbocycles. The number of hydrogen-bond donors (Lipinski definition) is 2. The number of thiazole rings is 1. The number of imide groups is 1. The first-order valence-electron chi connectivity index (χ1n) is 11.5. The molecule has 2 N–H and O–H groups in total. The van der Waals surface area contributed by atoms with Crippen molar-refractivity contribution in [1.29, 1.82) is 0 Å². The van der Waals surface area contributed by atoms with Crippen molar-refractivity contribution in [3.63, 3.8) is 0 Å². The van der Waals surface area contributed by atoms with Crippen LogP contribution in [0.4, 0.5) is 18.3 Å². The van der Waals surface area contributed by atoms with Gasteiger partial charge in [-0.05, 0) is 36.2 Å². The van der Waals surface area contributed by atoms with Gasteiger partial charge in [0.2, 0.25) is 0 Å². The van der Waals surface area contributed by atoms with E-state index in [1.54, 1.807) is 12.1 Å².